The third-order valence-electron chi connectivity index (χ3n) is 6.96. The lowest BCUT2D eigenvalue weighted by atomic mass is 9.82. The Bertz CT molecular complexity index is 1360. The van der Waals surface area contributed by atoms with Gasteiger partial charge in [0.15, 0.2) is 11.6 Å². The standard InChI is InChI=1S/C28H30N4O4/c1-17(2)32(27(33)19-10-8-18(3)9-11-19)26-22(28(34)35)16-31(30-26)25-13-12-21(15-29-25)24-14-20-6-4-5-7-23(20)36-24/h4-7,12-19H,8-11H2,1-3H3,(H,34,35)/t18-,19-. The Morgan fingerprint density at radius 3 is 2.50 bits per heavy atom. The molecule has 1 saturated carbocycles. The number of rotatable bonds is 6. The van der Waals surface area contributed by atoms with Gasteiger partial charge in [0.25, 0.3) is 0 Å². The minimum absolute atomic E-state index is 0.0237. The molecule has 0 unspecified atom stereocenters. The highest BCUT2D eigenvalue weighted by molar-refractivity contribution is 6.01. The van der Waals surface area contributed by atoms with Crippen molar-refractivity contribution in [3.63, 3.8) is 0 Å². The number of hydrogen-bond acceptors (Lipinski definition) is 5. The Morgan fingerprint density at radius 1 is 1.11 bits per heavy atom. The van der Waals surface area contributed by atoms with E-state index in [9.17, 15) is 14.7 Å². The van der Waals surface area contributed by atoms with Gasteiger partial charge in [-0.2, -0.15) is 0 Å². The second-order valence-electron chi connectivity index (χ2n) is 9.93. The van der Waals surface area contributed by atoms with Crippen LogP contribution in [0.5, 0.6) is 0 Å². The van der Waals surface area contributed by atoms with Gasteiger partial charge < -0.3 is 9.52 Å². The van der Waals surface area contributed by atoms with E-state index >= 15 is 0 Å². The molecule has 1 aromatic carbocycles. The molecule has 8 nitrogen and oxygen atoms in total. The molecule has 1 N–H and O–H groups in total. The van der Waals surface area contributed by atoms with Crippen LogP contribution < -0.4 is 4.90 Å². The maximum absolute atomic E-state index is 13.5. The first-order valence-corrected chi connectivity index (χ1v) is 12.4. The summed E-state index contributed by atoms with van der Waals surface area (Å²) in [6.07, 6.45) is 6.73. The van der Waals surface area contributed by atoms with Crippen molar-refractivity contribution in [2.45, 2.75) is 52.5 Å². The van der Waals surface area contributed by atoms with E-state index in [1.165, 1.54) is 10.9 Å². The van der Waals surface area contributed by atoms with E-state index in [1.807, 2.05) is 50.2 Å². The van der Waals surface area contributed by atoms with Crippen molar-refractivity contribution < 1.29 is 19.1 Å². The summed E-state index contributed by atoms with van der Waals surface area (Å²) in [5.74, 6) is 0.612. The van der Waals surface area contributed by atoms with Gasteiger partial charge in [-0.05, 0) is 69.7 Å². The number of carbonyl (C=O) groups excluding carboxylic acids is 1. The Balaban J connectivity index is 1.46. The number of benzene rings is 1. The summed E-state index contributed by atoms with van der Waals surface area (Å²) in [7, 11) is 0. The van der Waals surface area contributed by atoms with Gasteiger partial charge in [0, 0.05) is 35.3 Å². The number of fused-ring (bicyclic) bond motifs is 1. The molecule has 3 heterocycles. The number of carboxylic acid groups (broad SMARTS) is 1. The van der Waals surface area contributed by atoms with Crippen LogP contribution in [0.1, 0.15) is 56.8 Å². The predicted octanol–water partition coefficient (Wildman–Crippen LogP) is 5.95. The fourth-order valence-electron chi connectivity index (χ4n) is 4.91. The summed E-state index contributed by atoms with van der Waals surface area (Å²) in [4.78, 5) is 31.7. The first-order chi connectivity index (χ1) is 17.3. The van der Waals surface area contributed by atoms with Crippen LogP contribution in [0, 0.1) is 11.8 Å². The van der Waals surface area contributed by atoms with E-state index < -0.39 is 5.97 Å². The molecule has 0 saturated heterocycles. The van der Waals surface area contributed by atoms with Crippen LogP contribution in [0.3, 0.4) is 0 Å². The molecule has 1 aliphatic rings. The van der Waals surface area contributed by atoms with Crippen LogP contribution in [0.4, 0.5) is 5.82 Å². The van der Waals surface area contributed by atoms with Gasteiger partial charge >= 0.3 is 5.97 Å². The van der Waals surface area contributed by atoms with Gasteiger partial charge in [0.05, 0.1) is 0 Å². The number of nitrogens with zero attached hydrogens (tertiary/aromatic N) is 4. The summed E-state index contributed by atoms with van der Waals surface area (Å²) in [6.45, 7) is 5.97. The maximum atomic E-state index is 13.5. The van der Waals surface area contributed by atoms with Crippen molar-refractivity contribution in [3.05, 3.63) is 60.4 Å². The number of furan rings is 1. The molecule has 0 spiro atoms. The fraction of sp³-hybridized carbons (Fsp3) is 0.357. The predicted molar refractivity (Wildman–Crippen MR) is 137 cm³/mol. The molecule has 8 heteroatoms. The molecule has 4 aromatic rings. The fourth-order valence-corrected chi connectivity index (χ4v) is 4.91. The lowest BCUT2D eigenvalue weighted by Crippen LogP contribution is -2.43. The van der Waals surface area contributed by atoms with Gasteiger partial charge in [-0.25, -0.2) is 14.5 Å². The Morgan fingerprint density at radius 2 is 1.86 bits per heavy atom. The Kier molecular flexibility index (Phi) is 6.35. The third-order valence-corrected chi connectivity index (χ3v) is 6.96. The largest absolute Gasteiger partial charge is 0.477 e. The van der Waals surface area contributed by atoms with Crippen molar-refractivity contribution in [2.24, 2.45) is 11.8 Å². The second kappa shape index (κ2) is 9.60. The minimum Gasteiger partial charge on any atom is -0.477 e. The average Bonchev–Trinajstić information content (AvgIpc) is 3.49. The highest BCUT2D eigenvalue weighted by Gasteiger charge is 2.34. The van der Waals surface area contributed by atoms with Crippen LogP contribution in [-0.4, -0.2) is 37.8 Å². The van der Waals surface area contributed by atoms with Crippen LogP contribution in [0.2, 0.25) is 0 Å². The van der Waals surface area contributed by atoms with Crippen molar-refractivity contribution in [3.8, 4) is 17.1 Å². The van der Waals surface area contributed by atoms with Gasteiger partial charge in [-0.3, -0.25) is 9.69 Å². The van der Waals surface area contributed by atoms with Gasteiger partial charge in [-0.15, -0.1) is 5.10 Å². The minimum atomic E-state index is -1.13. The third kappa shape index (κ3) is 4.51. The first-order valence-electron chi connectivity index (χ1n) is 12.4. The zero-order valence-electron chi connectivity index (χ0n) is 20.7. The lowest BCUT2D eigenvalue weighted by molar-refractivity contribution is -0.124. The number of carbonyl (C=O) groups is 2. The lowest BCUT2D eigenvalue weighted by Gasteiger charge is -2.32. The van der Waals surface area contributed by atoms with E-state index in [2.05, 4.69) is 17.0 Å². The molecular weight excluding hydrogens is 456 g/mol. The monoisotopic (exact) mass is 486 g/mol. The summed E-state index contributed by atoms with van der Waals surface area (Å²) in [6, 6.07) is 13.1. The number of amides is 1. The van der Waals surface area contributed by atoms with Crippen molar-refractivity contribution in [2.75, 3.05) is 4.90 Å². The molecular formula is C28H30N4O4. The molecule has 0 bridgehead atoms. The van der Waals surface area contributed by atoms with Crippen LogP contribution in [0.15, 0.2) is 59.3 Å². The highest BCUT2D eigenvalue weighted by atomic mass is 16.4. The van der Waals surface area contributed by atoms with Crippen molar-refractivity contribution in [1.82, 2.24) is 14.8 Å². The molecule has 1 fully saturated rings. The Hall–Kier alpha value is -3.94. The van der Waals surface area contributed by atoms with E-state index in [0.717, 1.165) is 42.2 Å². The number of aromatic nitrogens is 3. The highest BCUT2D eigenvalue weighted by Crippen LogP contribution is 2.33. The SMILES string of the molecule is CC(C)N(c1nn(-c2ccc(-c3cc4ccccc4o3)cn2)cc1C(=O)O)C(=O)[C@H]1CC[C@H](C)CC1. The van der Waals surface area contributed by atoms with E-state index in [4.69, 9.17) is 4.42 Å². The summed E-state index contributed by atoms with van der Waals surface area (Å²) in [5, 5.41) is 15.5. The quantitative estimate of drug-likeness (QED) is 0.362. The van der Waals surface area contributed by atoms with Crippen molar-refractivity contribution in [1.29, 1.82) is 0 Å². The normalized spacial score (nSPS) is 18.0. The topological polar surface area (TPSA) is 101 Å². The molecule has 0 atom stereocenters. The maximum Gasteiger partial charge on any atom is 0.341 e. The number of pyridine rings is 1. The second-order valence-corrected chi connectivity index (χ2v) is 9.93. The van der Waals surface area contributed by atoms with Crippen LogP contribution in [0.25, 0.3) is 28.1 Å². The molecule has 36 heavy (non-hydrogen) atoms. The molecule has 0 radical (unpaired) electrons. The molecule has 1 amide bonds. The number of para-hydroxylation sites is 1. The molecule has 3 aromatic heterocycles. The number of carboxylic acids is 1. The van der Waals surface area contributed by atoms with Gasteiger partial charge in [-0.1, -0.05) is 25.1 Å². The van der Waals surface area contributed by atoms with Crippen LogP contribution in [-0.2, 0) is 4.79 Å². The van der Waals surface area contributed by atoms with E-state index in [-0.39, 0.29) is 29.2 Å². The number of anilines is 1. The van der Waals surface area contributed by atoms with Gasteiger partial charge in [0.2, 0.25) is 5.91 Å². The first kappa shape index (κ1) is 23.8. The van der Waals surface area contributed by atoms with E-state index in [0.29, 0.717) is 17.5 Å². The van der Waals surface area contributed by atoms with E-state index in [1.54, 1.807) is 17.2 Å². The summed E-state index contributed by atoms with van der Waals surface area (Å²) in [5.41, 5.74) is 1.57. The van der Waals surface area contributed by atoms with Gasteiger partial charge in [0.1, 0.15) is 16.9 Å². The van der Waals surface area contributed by atoms with Crippen molar-refractivity contribution >= 4 is 28.7 Å². The number of hydrogen-bond donors (Lipinski definition) is 1. The molecule has 1 aliphatic carbocycles. The zero-order chi connectivity index (χ0) is 25.4. The average molecular weight is 487 g/mol. The molecule has 5 rings (SSSR count). The smallest absolute Gasteiger partial charge is 0.341 e. The van der Waals surface area contributed by atoms with Crippen LogP contribution >= 0.6 is 0 Å². The zero-order valence-corrected chi connectivity index (χ0v) is 20.7. The molecule has 186 valence electrons. The summed E-state index contributed by atoms with van der Waals surface area (Å²) < 4.78 is 7.34. The summed E-state index contributed by atoms with van der Waals surface area (Å²) >= 11 is 0. The molecule has 0 aliphatic heterocycles. The Labute approximate surface area is 209 Å². The number of aromatic carboxylic acids is 1.